The van der Waals surface area contributed by atoms with Gasteiger partial charge in [-0.1, -0.05) is 11.6 Å². The molecule has 0 spiro atoms. The van der Waals surface area contributed by atoms with Crippen molar-refractivity contribution in [3.63, 3.8) is 0 Å². The maximum Gasteiger partial charge on any atom is 0.419 e. The minimum Gasteiger partial charge on any atom is -0.428 e. The van der Waals surface area contributed by atoms with E-state index in [1.54, 1.807) is 0 Å². The number of fused-ring (bicyclic) bond motifs is 1. The molecule has 0 aliphatic rings. The molecule has 1 aromatic heterocycles. The second-order valence-corrected chi connectivity index (χ2v) is 4.51. The van der Waals surface area contributed by atoms with Crippen LogP contribution in [-0.4, -0.2) is 4.98 Å². The summed E-state index contributed by atoms with van der Waals surface area (Å²) in [5, 5.41) is -0.418. The molecule has 1 N–H and O–H groups in total. The van der Waals surface area contributed by atoms with Gasteiger partial charge in [0.1, 0.15) is 0 Å². The van der Waals surface area contributed by atoms with E-state index in [0.29, 0.717) is 5.52 Å². The van der Waals surface area contributed by atoms with Crippen LogP contribution in [0.25, 0.3) is 11.1 Å². The molecular formula is C8H2BrClF3NOS. The van der Waals surface area contributed by atoms with Gasteiger partial charge in [-0.25, -0.2) is 0 Å². The second kappa shape index (κ2) is 3.75. The van der Waals surface area contributed by atoms with Crippen LogP contribution < -0.4 is 0 Å². The minimum atomic E-state index is -4.56. The summed E-state index contributed by atoms with van der Waals surface area (Å²) in [6.07, 6.45) is -4.56. The summed E-state index contributed by atoms with van der Waals surface area (Å²) in [5.74, 6) is 0. The van der Waals surface area contributed by atoms with Crippen molar-refractivity contribution in [3.05, 3.63) is 26.0 Å². The Morgan fingerprint density at radius 1 is 1.44 bits per heavy atom. The van der Waals surface area contributed by atoms with Crippen molar-refractivity contribution in [2.75, 3.05) is 0 Å². The van der Waals surface area contributed by atoms with Crippen molar-refractivity contribution in [3.8, 4) is 0 Å². The first kappa shape index (κ1) is 11.9. The van der Waals surface area contributed by atoms with Gasteiger partial charge in [0.25, 0.3) is 4.84 Å². The molecule has 86 valence electrons. The molecule has 0 aliphatic carbocycles. The molecule has 0 atom stereocenters. The number of oxazole rings is 1. The third-order valence-electron chi connectivity index (χ3n) is 1.89. The molecule has 0 unspecified atom stereocenters. The van der Waals surface area contributed by atoms with Crippen molar-refractivity contribution in [2.45, 2.75) is 6.18 Å². The lowest BCUT2D eigenvalue weighted by atomic mass is 10.2. The summed E-state index contributed by atoms with van der Waals surface area (Å²) in [6.45, 7) is 0. The third-order valence-corrected chi connectivity index (χ3v) is 3.13. The smallest absolute Gasteiger partial charge is 0.419 e. The van der Waals surface area contributed by atoms with Crippen molar-refractivity contribution in [2.24, 2.45) is 0 Å². The average Bonchev–Trinajstić information content (AvgIpc) is 2.43. The highest BCUT2D eigenvalue weighted by Gasteiger charge is 2.37. The van der Waals surface area contributed by atoms with E-state index in [1.807, 2.05) is 0 Å². The van der Waals surface area contributed by atoms with E-state index in [1.165, 1.54) is 0 Å². The molecule has 0 aliphatic heterocycles. The van der Waals surface area contributed by atoms with Gasteiger partial charge in [0, 0.05) is 0 Å². The molecule has 0 saturated carbocycles. The third kappa shape index (κ3) is 1.87. The van der Waals surface area contributed by atoms with E-state index in [9.17, 15) is 13.2 Å². The average molecular weight is 333 g/mol. The summed E-state index contributed by atoms with van der Waals surface area (Å²) in [6, 6.07) is 1.13. The molecule has 8 heteroatoms. The minimum absolute atomic E-state index is 0.00160. The van der Waals surface area contributed by atoms with Crippen LogP contribution in [-0.2, 0) is 6.18 Å². The zero-order chi connectivity index (χ0) is 12.1. The monoisotopic (exact) mass is 331 g/mol. The van der Waals surface area contributed by atoms with Gasteiger partial charge in [-0.2, -0.15) is 13.2 Å². The van der Waals surface area contributed by atoms with Crippen molar-refractivity contribution >= 4 is 50.8 Å². The molecule has 0 saturated heterocycles. The Labute approximate surface area is 106 Å². The Morgan fingerprint density at radius 2 is 2.06 bits per heavy atom. The summed E-state index contributed by atoms with van der Waals surface area (Å²) in [7, 11) is 0. The number of H-pyrrole nitrogens is 1. The van der Waals surface area contributed by atoms with Crippen molar-refractivity contribution < 1.29 is 17.6 Å². The van der Waals surface area contributed by atoms with E-state index in [-0.39, 0.29) is 14.9 Å². The molecule has 1 heterocycles. The Balaban J connectivity index is 2.90. The molecule has 0 radical (unpaired) electrons. The van der Waals surface area contributed by atoms with Crippen LogP contribution in [0.4, 0.5) is 13.2 Å². The number of nitrogens with one attached hydrogen (secondary N) is 1. The maximum absolute atomic E-state index is 12.7. The molecular weight excluding hydrogens is 331 g/mol. The summed E-state index contributed by atoms with van der Waals surface area (Å²) >= 11 is 13.1. The Kier molecular flexibility index (Phi) is 2.80. The number of benzene rings is 1. The number of hydrogen-bond donors (Lipinski definition) is 1. The van der Waals surface area contributed by atoms with Crippen LogP contribution in [0.2, 0.25) is 5.02 Å². The van der Waals surface area contributed by atoms with Crippen LogP contribution in [0.1, 0.15) is 5.56 Å². The molecule has 0 bridgehead atoms. The lowest BCUT2D eigenvalue weighted by molar-refractivity contribution is -0.138. The lowest BCUT2D eigenvalue weighted by Gasteiger charge is -2.10. The molecule has 16 heavy (non-hydrogen) atoms. The number of alkyl halides is 3. The van der Waals surface area contributed by atoms with Gasteiger partial charge >= 0.3 is 6.18 Å². The first-order valence-corrected chi connectivity index (χ1v) is 5.46. The van der Waals surface area contributed by atoms with E-state index in [4.69, 9.17) is 16.0 Å². The first-order valence-electron chi connectivity index (χ1n) is 3.88. The highest BCUT2D eigenvalue weighted by atomic mass is 79.9. The maximum atomic E-state index is 12.7. The van der Waals surface area contributed by atoms with E-state index >= 15 is 0 Å². The van der Waals surface area contributed by atoms with Crippen molar-refractivity contribution in [1.82, 2.24) is 4.98 Å². The van der Waals surface area contributed by atoms with Crippen LogP contribution in [0.5, 0.6) is 0 Å². The number of aromatic nitrogens is 1. The van der Waals surface area contributed by atoms with E-state index in [0.717, 1.165) is 6.07 Å². The van der Waals surface area contributed by atoms with Crippen LogP contribution in [0.15, 0.2) is 15.0 Å². The SMILES string of the molecule is FC(F)(F)c1c(Cl)cc2[nH]c(=S)oc2c1Br. The van der Waals surface area contributed by atoms with Gasteiger partial charge in [0.2, 0.25) is 0 Å². The fourth-order valence-electron chi connectivity index (χ4n) is 1.28. The normalized spacial score (nSPS) is 12.3. The summed E-state index contributed by atoms with van der Waals surface area (Å²) < 4.78 is 42.6. The fraction of sp³-hybridized carbons (Fsp3) is 0.125. The Hall–Kier alpha value is -0.530. The summed E-state index contributed by atoms with van der Waals surface area (Å²) in [4.78, 5) is 2.58. The number of rotatable bonds is 0. The van der Waals surface area contributed by atoms with Crippen LogP contribution in [0, 0.1) is 4.84 Å². The van der Waals surface area contributed by atoms with Gasteiger partial charge in [-0.3, -0.25) is 0 Å². The van der Waals surface area contributed by atoms with Crippen LogP contribution >= 0.6 is 39.7 Å². The molecule has 2 rings (SSSR count). The predicted octanol–water partition coefficient (Wildman–Crippen LogP) is 4.93. The van der Waals surface area contributed by atoms with Crippen LogP contribution in [0.3, 0.4) is 0 Å². The number of halogens is 5. The molecule has 2 nitrogen and oxygen atoms in total. The van der Waals surface area contributed by atoms with Gasteiger partial charge in [-0.15, -0.1) is 0 Å². The topological polar surface area (TPSA) is 28.9 Å². The Morgan fingerprint density at radius 3 is 2.62 bits per heavy atom. The number of aromatic amines is 1. The van der Waals surface area contributed by atoms with Gasteiger partial charge in [0.15, 0.2) is 5.58 Å². The van der Waals surface area contributed by atoms with Gasteiger partial charge in [0.05, 0.1) is 20.6 Å². The fourth-order valence-corrected chi connectivity index (χ4v) is 2.63. The summed E-state index contributed by atoms with van der Waals surface area (Å²) in [5.41, 5.74) is -0.656. The lowest BCUT2D eigenvalue weighted by Crippen LogP contribution is -2.07. The first-order chi connectivity index (χ1) is 7.30. The van der Waals surface area contributed by atoms with Gasteiger partial charge in [-0.05, 0) is 34.2 Å². The molecule has 0 fully saturated rings. The van der Waals surface area contributed by atoms with Crippen molar-refractivity contribution in [1.29, 1.82) is 0 Å². The van der Waals surface area contributed by atoms with E-state index in [2.05, 4.69) is 33.1 Å². The highest BCUT2D eigenvalue weighted by Crippen LogP contribution is 2.43. The predicted molar refractivity (Wildman–Crippen MR) is 59.1 cm³/mol. The highest BCUT2D eigenvalue weighted by molar-refractivity contribution is 9.10. The Bertz CT molecular complexity index is 618. The van der Waals surface area contributed by atoms with E-state index < -0.39 is 16.8 Å². The van der Waals surface area contributed by atoms with Gasteiger partial charge < -0.3 is 9.40 Å². The quantitative estimate of drug-likeness (QED) is 0.693. The molecule has 0 amide bonds. The standard InChI is InChI=1S/C8H2BrClF3NOS/c9-5-4(8(11,12)13)2(10)1-3-6(5)15-7(16)14-3/h1H,(H,14,16). The second-order valence-electron chi connectivity index (χ2n) is 2.94. The largest absolute Gasteiger partial charge is 0.428 e. The zero-order valence-electron chi connectivity index (χ0n) is 7.28. The number of hydrogen-bond acceptors (Lipinski definition) is 2. The zero-order valence-corrected chi connectivity index (χ0v) is 10.4. The molecule has 2 aromatic rings. The molecule has 1 aromatic carbocycles.